The lowest BCUT2D eigenvalue weighted by atomic mass is 9.71. The fourth-order valence-electron chi connectivity index (χ4n) is 4.29. The smallest absolute Gasteiger partial charge is 0.166 e. The predicted octanol–water partition coefficient (Wildman–Crippen LogP) is 3.31. The van der Waals surface area contributed by atoms with Crippen molar-refractivity contribution in [2.24, 2.45) is 5.41 Å². The minimum absolute atomic E-state index is 0.0293. The van der Waals surface area contributed by atoms with Crippen LogP contribution in [0.3, 0.4) is 0 Å². The summed E-state index contributed by atoms with van der Waals surface area (Å²) in [7, 11) is -3.51. The van der Waals surface area contributed by atoms with Crippen molar-refractivity contribution in [3.63, 3.8) is 0 Å². The minimum atomic E-state index is -3.51. The maximum absolute atomic E-state index is 13.1. The van der Waals surface area contributed by atoms with E-state index in [1.165, 1.54) is 17.2 Å². The second kappa shape index (κ2) is 7.37. The van der Waals surface area contributed by atoms with Crippen LogP contribution in [0.4, 0.5) is 0 Å². The molecule has 1 aliphatic heterocycles. The van der Waals surface area contributed by atoms with E-state index >= 15 is 0 Å². The van der Waals surface area contributed by atoms with Gasteiger partial charge in [0.1, 0.15) is 5.25 Å². The number of aliphatic hydroxyl groups is 2. The van der Waals surface area contributed by atoms with Gasteiger partial charge in [0, 0.05) is 0 Å². The molecule has 0 saturated carbocycles. The van der Waals surface area contributed by atoms with E-state index in [4.69, 9.17) is 5.11 Å². The van der Waals surface area contributed by atoms with E-state index in [0.717, 1.165) is 24.8 Å². The highest BCUT2D eigenvalue weighted by Crippen LogP contribution is 2.45. The number of hydrogen-bond acceptors (Lipinski definition) is 4. The molecule has 0 aromatic rings. The number of rotatable bonds is 5. The van der Waals surface area contributed by atoms with Gasteiger partial charge in [-0.1, -0.05) is 42.7 Å². The molecular weight excluding hydrogens is 336 g/mol. The molecule has 25 heavy (non-hydrogen) atoms. The summed E-state index contributed by atoms with van der Waals surface area (Å²) in [6, 6.07) is 0. The van der Waals surface area contributed by atoms with Gasteiger partial charge in [0.25, 0.3) is 0 Å². The summed E-state index contributed by atoms with van der Waals surface area (Å²) >= 11 is 0. The number of hydrogen-bond donors (Lipinski definition) is 2. The first kappa shape index (κ1) is 20.4. The van der Waals surface area contributed by atoms with Crippen LogP contribution in [0.2, 0.25) is 0 Å². The third-order valence-corrected chi connectivity index (χ3v) is 8.46. The Morgan fingerprint density at radius 1 is 1.40 bits per heavy atom. The Bertz CT molecular complexity index is 710. The Labute approximate surface area is 152 Å². The van der Waals surface area contributed by atoms with Crippen molar-refractivity contribution in [1.82, 2.24) is 0 Å². The van der Waals surface area contributed by atoms with Crippen molar-refractivity contribution < 1.29 is 18.6 Å². The van der Waals surface area contributed by atoms with Crippen molar-refractivity contribution in [3.8, 4) is 0 Å². The Hall–Kier alpha value is -0.910. The molecule has 0 fully saturated rings. The van der Waals surface area contributed by atoms with Gasteiger partial charge in [-0.3, -0.25) is 0 Å². The molecule has 142 valence electrons. The summed E-state index contributed by atoms with van der Waals surface area (Å²) in [6.07, 6.45) is 5.86. The molecule has 2 rings (SSSR count). The van der Waals surface area contributed by atoms with Crippen LogP contribution in [-0.4, -0.2) is 41.8 Å². The molecule has 0 amide bonds. The van der Waals surface area contributed by atoms with Crippen LogP contribution in [0, 0.1) is 5.41 Å². The summed E-state index contributed by atoms with van der Waals surface area (Å²) in [5, 5.41) is 18.0. The van der Waals surface area contributed by atoms with Crippen molar-refractivity contribution in [2.75, 3.05) is 6.61 Å². The Balaban J connectivity index is 2.33. The van der Waals surface area contributed by atoms with Crippen LogP contribution in [0.25, 0.3) is 0 Å². The Kier molecular flexibility index (Phi) is 6.02. The molecular formula is C20H32O4S. The van der Waals surface area contributed by atoms with Gasteiger partial charge in [0.15, 0.2) is 9.84 Å². The van der Waals surface area contributed by atoms with E-state index in [2.05, 4.69) is 20.8 Å². The highest BCUT2D eigenvalue weighted by Gasteiger charge is 2.45. The third kappa shape index (κ3) is 3.93. The lowest BCUT2D eigenvalue weighted by Crippen LogP contribution is -2.36. The van der Waals surface area contributed by atoms with Crippen LogP contribution in [0.5, 0.6) is 0 Å². The lowest BCUT2D eigenvalue weighted by molar-refractivity contribution is 0.214. The highest BCUT2D eigenvalue weighted by atomic mass is 32.2. The van der Waals surface area contributed by atoms with Crippen LogP contribution >= 0.6 is 0 Å². The maximum atomic E-state index is 13.1. The molecule has 2 aliphatic rings. The van der Waals surface area contributed by atoms with Gasteiger partial charge in [0.2, 0.25) is 0 Å². The van der Waals surface area contributed by atoms with E-state index in [0.29, 0.717) is 12.0 Å². The monoisotopic (exact) mass is 368 g/mol. The van der Waals surface area contributed by atoms with E-state index in [1.807, 2.05) is 6.92 Å². The summed E-state index contributed by atoms with van der Waals surface area (Å²) in [4.78, 5) is 0. The summed E-state index contributed by atoms with van der Waals surface area (Å²) in [5.74, 6) is 0. The largest absolute Gasteiger partial charge is 0.392 e. The van der Waals surface area contributed by atoms with Gasteiger partial charge in [0.05, 0.1) is 18.0 Å². The van der Waals surface area contributed by atoms with Gasteiger partial charge in [-0.15, -0.1) is 0 Å². The maximum Gasteiger partial charge on any atom is 0.166 e. The zero-order valence-corrected chi connectivity index (χ0v) is 16.9. The first-order valence-electron chi connectivity index (χ1n) is 9.08. The van der Waals surface area contributed by atoms with Crippen molar-refractivity contribution in [2.45, 2.75) is 76.9 Å². The first-order valence-corrected chi connectivity index (χ1v) is 10.7. The van der Waals surface area contributed by atoms with Crippen LogP contribution in [0.1, 0.15) is 60.3 Å². The molecule has 3 unspecified atom stereocenters. The second-order valence-electron chi connectivity index (χ2n) is 8.23. The van der Waals surface area contributed by atoms with Gasteiger partial charge >= 0.3 is 0 Å². The molecule has 0 saturated heterocycles. The average Bonchev–Trinajstić information content (AvgIpc) is 2.72. The summed E-state index contributed by atoms with van der Waals surface area (Å²) in [6.45, 7) is 9.83. The number of aliphatic hydroxyl groups excluding tert-OH is 2. The van der Waals surface area contributed by atoms with Crippen molar-refractivity contribution >= 4 is 9.84 Å². The minimum Gasteiger partial charge on any atom is -0.392 e. The molecule has 0 radical (unpaired) electrons. The van der Waals surface area contributed by atoms with Gasteiger partial charge < -0.3 is 10.2 Å². The predicted molar refractivity (Wildman–Crippen MR) is 102 cm³/mol. The molecule has 4 nitrogen and oxygen atoms in total. The van der Waals surface area contributed by atoms with Crippen LogP contribution in [0.15, 0.2) is 34.4 Å². The molecule has 2 N–H and O–H groups in total. The zero-order chi connectivity index (χ0) is 19.0. The molecule has 1 aliphatic carbocycles. The zero-order valence-electron chi connectivity index (χ0n) is 16.0. The van der Waals surface area contributed by atoms with Crippen molar-refractivity contribution in [1.29, 1.82) is 0 Å². The molecule has 3 atom stereocenters. The van der Waals surface area contributed by atoms with Gasteiger partial charge in [-0.2, -0.15) is 0 Å². The van der Waals surface area contributed by atoms with Crippen LogP contribution in [-0.2, 0) is 9.84 Å². The average molecular weight is 369 g/mol. The normalized spacial score (nSPS) is 30.4. The Morgan fingerprint density at radius 2 is 2.04 bits per heavy atom. The molecule has 0 bridgehead atoms. The van der Waals surface area contributed by atoms with Crippen molar-refractivity contribution in [3.05, 3.63) is 34.4 Å². The fourth-order valence-corrected chi connectivity index (χ4v) is 6.65. The quantitative estimate of drug-likeness (QED) is 0.730. The summed E-state index contributed by atoms with van der Waals surface area (Å²) in [5.41, 5.74) is 3.93. The second-order valence-corrected chi connectivity index (χ2v) is 10.5. The first-order chi connectivity index (χ1) is 11.5. The molecule has 0 aromatic carbocycles. The van der Waals surface area contributed by atoms with E-state index in [9.17, 15) is 13.5 Å². The molecule has 5 heteroatoms. The van der Waals surface area contributed by atoms with Gasteiger partial charge in [-0.25, -0.2) is 8.42 Å². The Morgan fingerprint density at radius 3 is 2.60 bits per heavy atom. The number of sulfone groups is 1. The van der Waals surface area contributed by atoms with E-state index in [-0.39, 0.29) is 12.0 Å². The fraction of sp³-hybridized carbons (Fsp3) is 0.700. The highest BCUT2D eigenvalue weighted by molar-refractivity contribution is 7.93. The van der Waals surface area contributed by atoms with E-state index in [1.54, 1.807) is 13.0 Å². The third-order valence-electron chi connectivity index (χ3n) is 5.98. The summed E-state index contributed by atoms with van der Waals surface area (Å²) < 4.78 is 26.2. The van der Waals surface area contributed by atoms with E-state index < -0.39 is 26.4 Å². The lowest BCUT2D eigenvalue weighted by Gasteiger charge is -2.36. The standard InChI is InChI=1S/C20H32O4S/c1-13-7-6-9-20(4,5)16(13)12-17-15(3)11-18(25(17,23)24)19(22)14(2)8-10-21/h8,11,17-19,21-22H,6-7,9-10,12H2,1-5H3/b14-8+. The molecule has 0 spiro atoms. The van der Waals surface area contributed by atoms with Crippen LogP contribution < -0.4 is 0 Å². The molecule has 1 heterocycles. The molecule has 0 aromatic heterocycles. The SMILES string of the molecule is CC1=CC(C(O)/C(C)=C/CO)S(=O)(=O)C1CC1=C(C)CCCC1(C)C. The topological polar surface area (TPSA) is 74.6 Å². The van der Waals surface area contributed by atoms with Gasteiger partial charge in [-0.05, 0) is 57.4 Å². The number of allylic oxidation sites excluding steroid dienone is 2.